The first-order chi connectivity index (χ1) is 9.20. The third kappa shape index (κ3) is 3.53. The fraction of sp³-hybridized carbons (Fsp3) is 0.500. The van der Waals surface area contributed by atoms with Gasteiger partial charge in [0.05, 0.1) is 0 Å². The second-order valence-corrected chi connectivity index (χ2v) is 4.82. The van der Waals surface area contributed by atoms with Crippen LogP contribution in [0.5, 0.6) is 0 Å². The Labute approximate surface area is 113 Å². The van der Waals surface area contributed by atoms with E-state index < -0.39 is 0 Å². The van der Waals surface area contributed by atoms with Crippen molar-refractivity contribution < 1.29 is 4.79 Å². The molecule has 0 saturated carbocycles. The summed E-state index contributed by atoms with van der Waals surface area (Å²) in [6, 6.07) is 3.67. The molecule has 1 amide bonds. The predicted molar refractivity (Wildman–Crippen MR) is 74.1 cm³/mol. The summed E-state index contributed by atoms with van der Waals surface area (Å²) >= 11 is 0. The maximum Gasteiger partial charge on any atom is 0.272 e. The summed E-state index contributed by atoms with van der Waals surface area (Å²) in [5.41, 5.74) is 1.10. The largest absolute Gasteiger partial charge is 0.348 e. The maximum atomic E-state index is 12.0. The summed E-state index contributed by atoms with van der Waals surface area (Å²) in [6.07, 6.45) is 8.02. The van der Waals surface area contributed by atoms with Gasteiger partial charge in [0.1, 0.15) is 0 Å². The quantitative estimate of drug-likeness (QED) is 0.811. The molecule has 19 heavy (non-hydrogen) atoms. The van der Waals surface area contributed by atoms with Gasteiger partial charge in [0, 0.05) is 24.5 Å². The number of hydrogen-bond donors (Lipinski definition) is 1. The van der Waals surface area contributed by atoms with Gasteiger partial charge in [-0.2, -0.15) is 5.10 Å². The van der Waals surface area contributed by atoms with Gasteiger partial charge >= 0.3 is 0 Å². The molecule has 2 heterocycles. The molecular formula is C14H20N4O. The molecular weight excluding hydrogens is 240 g/mol. The molecule has 0 aliphatic rings. The van der Waals surface area contributed by atoms with Gasteiger partial charge in [-0.25, -0.2) is 9.50 Å². The Bertz CT molecular complexity index is 516. The van der Waals surface area contributed by atoms with Crippen molar-refractivity contribution in [2.75, 3.05) is 0 Å². The molecule has 102 valence electrons. The minimum absolute atomic E-state index is 0.130. The molecule has 0 bridgehead atoms. The Kier molecular flexibility index (Phi) is 4.49. The summed E-state index contributed by atoms with van der Waals surface area (Å²) < 4.78 is 1.61. The second-order valence-electron chi connectivity index (χ2n) is 4.82. The monoisotopic (exact) mass is 260 g/mol. The molecule has 0 aliphatic carbocycles. The number of carbonyl (C=O) groups excluding carboxylic acids is 1. The number of rotatable bonds is 6. The topological polar surface area (TPSA) is 59.3 Å². The van der Waals surface area contributed by atoms with Crippen molar-refractivity contribution in [3.05, 3.63) is 30.2 Å². The number of unbranched alkanes of at least 4 members (excludes halogenated alkanes) is 2. The zero-order valence-electron chi connectivity index (χ0n) is 11.5. The second kappa shape index (κ2) is 6.31. The van der Waals surface area contributed by atoms with Crippen LogP contribution in [0.3, 0.4) is 0 Å². The van der Waals surface area contributed by atoms with Crippen molar-refractivity contribution in [3.8, 4) is 0 Å². The molecule has 0 spiro atoms. The van der Waals surface area contributed by atoms with Crippen molar-refractivity contribution in [2.45, 2.75) is 45.6 Å². The van der Waals surface area contributed by atoms with Crippen molar-refractivity contribution in [1.29, 1.82) is 0 Å². The summed E-state index contributed by atoms with van der Waals surface area (Å²) in [5.74, 6) is -0.130. The lowest BCUT2D eigenvalue weighted by Crippen LogP contribution is -2.32. The maximum absolute atomic E-state index is 12.0. The first-order valence-corrected chi connectivity index (χ1v) is 6.82. The standard InChI is InChI=1S/C14H20N4O/c1-3-4-5-7-11(2)16-14(19)12-10-13-15-8-6-9-18(13)17-12/h6,8-11H,3-5,7H2,1-2H3,(H,16,19)/t11-/m1/s1. The number of aromatic nitrogens is 3. The Morgan fingerprint density at radius 2 is 2.32 bits per heavy atom. The van der Waals surface area contributed by atoms with Crippen LogP contribution in [-0.4, -0.2) is 26.5 Å². The normalized spacial score (nSPS) is 12.5. The first kappa shape index (κ1) is 13.5. The Balaban J connectivity index is 1.95. The van der Waals surface area contributed by atoms with Gasteiger partial charge in [-0.1, -0.05) is 26.2 Å². The number of amides is 1. The average Bonchev–Trinajstić information content (AvgIpc) is 2.83. The summed E-state index contributed by atoms with van der Waals surface area (Å²) in [4.78, 5) is 16.2. The van der Waals surface area contributed by atoms with Gasteiger partial charge < -0.3 is 5.32 Å². The van der Waals surface area contributed by atoms with Crippen molar-refractivity contribution in [1.82, 2.24) is 19.9 Å². The predicted octanol–water partition coefficient (Wildman–Crippen LogP) is 2.43. The fourth-order valence-electron chi connectivity index (χ4n) is 2.01. The van der Waals surface area contributed by atoms with Crippen LogP contribution >= 0.6 is 0 Å². The molecule has 0 fully saturated rings. The van der Waals surface area contributed by atoms with Crippen LogP contribution < -0.4 is 5.32 Å². The number of carbonyl (C=O) groups is 1. The lowest BCUT2D eigenvalue weighted by molar-refractivity contribution is 0.0932. The van der Waals surface area contributed by atoms with E-state index in [9.17, 15) is 4.79 Å². The number of nitrogens with zero attached hydrogens (tertiary/aromatic N) is 3. The molecule has 0 aromatic carbocycles. The van der Waals surface area contributed by atoms with Gasteiger partial charge in [0.25, 0.3) is 5.91 Å². The highest BCUT2D eigenvalue weighted by Gasteiger charge is 2.13. The molecule has 2 aromatic rings. The van der Waals surface area contributed by atoms with Crippen LogP contribution in [0.4, 0.5) is 0 Å². The van der Waals surface area contributed by atoms with Crippen molar-refractivity contribution in [3.63, 3.8) is 0 Å². The number of nitrogens with one attached hydrogen (secondary N) is 1. The lowest BCUT2D eigenvalue weighted by atomic mass is 10.1. The van der Waals surface area contributed by atoms with E-state index in [0.29, 0.717) is 11.3 Å². The smallest absolute Gasteiger partial charge is 0.272 e. The Hall–Kier alpha value is -1.91. The van der Waals surface area contributed by atoms with Crippen molar-refractivity contribution in [2.24, 2.45) is 0 Å². The van der Waals surface area contributed by atoms with Gasteiger partial charge in [-0.15, -0.1) is 0 Å². The molecule has 0 saturated heterocycles. The van der Waals surface area contributed by atoms with Crippen molar-refractivity contribution >= 4 is 11.6 Å². The fourth-order valence-corrected chi connectivity index (χ4v) is 2.01. The van der Waals surface area contributed by atoms with Crippen LogP contribution in [0.15, 0.2) is 24.5 Å². The lowest BCUT2D eigenvalue weighted by Gasteiger charge is -2.12. The van der Waals surface area contributed by atoms with E-state index in [0.717, 1.165) is 12.8 Å². The summed E-state index contributed by atoms with van der Waals surface area (Å²) in [6.45, 7) is 4.20. The van der Waals surface area contributed by atoms with E-state index >= 15 is 0 Å². The minimum atomic E-state index is -0.130. The molecule has 0 aliphatic heterocycles. The molecule has 1 atom stereocenters. The van der Waals surface area contributed by atoms with Crippen LogP contribution in [0.2, 0.25) is 0 Å². The third-order valence-corrected chi connectivity index (χ3v) is 3.09. The molecule has 0 radical (unpaired) electrons. The van der Waals surface area contributed by atoms with Crippen LogP contribution in [0.1, 0.15) is 50.0 Å². The van der Waals surface area contributed by atoms with E-state index in [1.165, 1.54) is 12.8 Å². The highest BCUT2D eigenvalue weighted by molar-refractivity contribution is 5.93. The van der Waals surface area contributed by atoms with E-state index in [-0.39, 0.29) is 11.9 Å². The van der Waals surface area contributed by atoms with Crippen LogP contribution in [0.25, 0.3) is 5.65 Å². The number of hydrogen-bond acceptors (Lipinski definition) is 3. The third-order valence-electron chi connectivity index (χ3n) is 3.09. The van der Waals surface area contributed by atoms with E-state index in [2.05, 4.69) is 22.3 Å². The Morgan fingerprint density at radius 3 is 3.05 bits per heavy atom. The zero-order chi connectivity index (χ0) is 13.7. The van der Waals surface area contributed by atoms with Gasteiger partial charge in [0.2, 0.25) is 0 Å². The molecule has 5 heteroatoms. The molecule has 2 rings (SSSR count). The van der Waals surface area contributed by atoms with Gasteiger partial charge in [0.15, 0.2) is 11.3 Å². The SMILES string of the molecule is CCCCC[C@@H](C)NC(=O)c1cc2ncccn2n1. The average molecular weight is 260 g/mol. The highest BCUT2D eigenvalue weighted by Crippen LogP contribution is 2.06. The Morgan fingerprint density at radius 1 is 1.47 bits per heavy atom. The highest BCUT2D eigenvalue weighted by atomic mass is 16.2. The van der Waals surface area contributed by atoms with Crippen LogP contribution in [-0.2, 0) is 0 Å². The minimum Gasteiger partial charge on any atom is -0.348 e. The van der Waals surface area contributed by atoms with Gasteiger partial charge in [-0.3, -0.25) is 4.79 Å². The van der Waals surface area contributed by atoms with Gasteiger partial charge in [-0.05, 0) is 19.4 Å². The molecule has 5 nitrogen and oxygen atoms in total. The van der Waals surface area contributed by atoms with E-state index in [4.69, 9.17) is 0 Å². The zero-order valence-corrected chi connectivity index (χ0v) is 11.5. The van der Waals surface area contributed by atoms with E-state index in [1.807, 2.05) is 6.92 Å². The molecule has 0 unspecified atom stereocenters. The number of fused-ring (bicyclic) bond motifs is 1. The molecule has 1 N–H and O–H groups in total. The molecule has 2 aromatic heterocycles. The summed E-state index contributed by atoms with van der Waals surface area (Å²) in [5, 5.41) is 7.18. The summed E-state index contributed by atoms with van der Waals surface area (Å²) in [7, 11) is 0. The first-order valence-electron chi connectivity index (χ1n) is 6.82. The van der Waals surface area contributed by atoms with Crippen LogP contribution in [0, 0.1) is 0 Å². The van der Waals surface area contributed by atoms with E-state index in [1.54, 1.807) is 29.0 Å².